The van der Waals surface area contributed by atoms with Crippen LogP contribution >= 0.6 is 27.3 Å². The van der Waals surface area contributed by atoms with Crippen molar-refractivity contribution < 1.29 is 0 Å². The molecule has 2 heterocycles. The maximum Gasteiger partial charge on any atom is 0.0719 e. The van der Waals surface area contributed by atoms with E-state index in [-0.39, 0.29) is 0 Å². The minimum atomic E-state index is 0.854. The molecule has 3 heteroatoms. The van der Waals surface area contributed by atoms with Crippen LogP contribution in [0.1, 0.15) is 19.8 Å². The molecule has 1 aliphatic rings. The van der Waals surface area contributed by atoms with E-state index >= 15 is 0 Å². The van der Waals surface area contributed by atoms with Crippen molar-refractivity contribution in [2.24, 2.45) is 5.92 Å². The van der Waals surface area contributed by atoms with E-state index in [4.69, 9.17) is 0 Å². The van der Waals surface area contributed by atoms with Crippen molar-refractivity contribution in [2.75, 3.05) is 18.0 Å². The van der Waals surface area contributed by atoms with Gasteiger partial charge in [0.1, 0.15) is 0 Å². The molecule has 0 aliphatic carbocycles. The van der Waals surface area contributed by atoms with Crippen LogP contribution in [0.5, 0.6) is 0 Å². The van der Waals surface area contributed by atoms with Gasteiger partial charge in [0.25, 0.3) is 0 Å². The Kier molecular flexibility index (Phi) is 2.94. The number of nitrogens with zero attached hydrogens (tertiary/aromatic N) is 1. The van der Waals surface area contributed by atoms with Gasteiger partial charge in [-0.05, 0) is 40.8 Å². The average Bonchev–Trinajstić information content (AvgIpc) is 2.52. The third-order valence-corrected chi connectivity index (χ3v) is 4.07. The van der Waals surface area contributed by atoms with Gasteiger partial charge in [0.2, 0.25) is 0 Å². The second-order valence-corrected chi connectivity index (χ2v) is 6.09. The average molecular weight is 260 g/mol. The van der Waals surface area contributed by atoms with Gasteiger partial charge in [-0.2, -0.15) is 0 Å². The minimum absolute atomic E-state index is 0.854. The van der Waals surface area contributed by atoms with Crippen molar-refractivity contribution in [1.29, 1.82) is 0 Å². The third kappa shape index (κ3) is 2.26. The molecule has 0 radical (unpaired) electrons. The van der Waals surface area contributed by atoms with Crippen LogP contribution < -0.4 is 4.90 Å². The molecule has 1 aromatic rings. The number of rotatable bonds is 1. The first kappa shape index (κ1) is 9.53. The summed E-state index contributed by atoms with van der Waals surface area (Å²) in [4.78, 5) is 2.50. The highest BCUT2D eigenvalue weighted by Crippen LogP contribution is 2.30. The molecule has 0 saturated carbocycles. The van der Waals surface area contributed by atoms with E-state index in [1.165, 1.54) is 35.4 Å². The number of halogens is 1. The van der Waals surface area contributed by atoms with Crippen molar-refractivity contribution in [2.45, 2.75) is 19.8 Å². The molecule has 0 aromatic carbocycles. The lowest BCUT2D eigenvalue weighted by molar-refractivity contribution is 0.447. The number of thiophene rings is 1. The normalized spacial score (nSPS) is 23.5. The van der Waals surface area contributed by atoms with E-state index in [9.17, 15) is 0 Å². The van der Waals surface area contributed by atoms with Gasteiger partial charge in [-0.15, -0.1) is 11.3 Å². The van der Waals surface area contributed by atoms with E-state index in [1.807, 2.05) is 0 Å². The predicted octanol–water partition coefficient (Wildman–Crippen LogP) is 3.75. The molecular formula is C10H14BrNS. The van der Waals surface area contributed by atoms with E-state index < -0.39 is 0 Å². The van der Waals surface area contributed by atoms with Gasteiger partial charge in [0.05, 0.1) is 3.79 Å². The summed E-state index contributed by atoms with van der Waals surface area (Å²) >= 11 is 5.28. The zero-order valence-electron chi connectivity index (χ0n) is 7.79. The summed E-state index contributed by atoms with van der Waals surface area (Å²) in [5, 5.41) is 2.24. The van der Waals surface area contributed by atoms with Crippen molar-refractivity contribution in [3.05, 3.63) is 15.2 Å². The topological polar surface area (TPSA) is 3.24 Å². The second-order valence-electron chi connectivity index (χ2n) is 3.80. The van der Waals surface area contributed by atoms with E-state index in [0.29, 0.717) is 0 Å². The van der Waals surface area contributed by atoms with Gasteiger partial charge in [-0.3, -0.25) is 0 Å². The molecule has 1 atom stereocenters. The fraction of sp³-hybridized carbons (Fsp3) is 0.600. The van der Waals surface area contributed by atoms with Crippen LogP contribution in [0.3, 0.4) is 0 Å². The summed E-state index contributed by atoms with van der Waals surface area (Å²) in [5.74, 6) is 0.854. The van der Waals surface area contributed by atoms with Crippen LogP contribution in [0.25, 0.3) is 0 Å². The highest BCUT2D eigenvalue weighted by molar-refractivity contribution is 9.11. The summed E-state index contributed by atoms with van der Waals surface area (Å²) in [7, 11) is 0. The summed E-state index contributed by atoms with van der Waals surface area (Å²) in [6.45, 7) is 4.80. The maximum absolute atomic E-state index is 3.51. The molecule has 1 fully saturated rings. The quantitative estimate of drug-likeness (QED) is 0.743. The van der Waals surface area contributed by atoms with E-state index in [0.717, 1.165) is 5.92 Å². The fourth-order valence-corrected chi connectivity index (χ4v) is 3.04. The molecule has 1 nitrogen and oxygen atoms in total. The third-order valence-electron chi connectivity index (χ3n) is 2.58. The lowest BCUT2D eigenvalue weighted by atomic mass is 10.0. The van der Waals surface area contributed by atoms with Crippen LogP contribution in [-0.2, 0) is 0 Å². The predicted molar refractivity (Wildman–Crippen MR) is 62.6 cm³/mol. The van der Waals surface area contributed by atoms with Gasteiger partial charge >= 0.3 is 0 Å². The first-order valence-corrected chi connectivity index (χ1v) is 6.42. The van der Waals surface area contributed by atoms with Crippen LogP contribution in [0.15, 0.2) is 15.2 Å². The smallest absolute Gasteiger partial charge is 0.0719 e. The molecule has 72 valence electrons. The lowest BCUT2D eigenvalue weighted by Gasteiger charge is -2.31. The molecular weight excluding hydrogens is 246 g/mol. The Hall–Kier alpha value is -0.0200. The van der Waals surface area contributed by atoms with Crippen LogP contribution in [0.4, 0.5) is 5.69 Å². The standard InChI is InChI=1S/C10H14BrNS/c1-8-3-2-4-12(6-8)9-5-10(11)13-7-9/h5,7-8H,2-4,6H2,1H3. The summed E-state index contributed by atoms with van der Waals surface area (Å²) in [6.07, 6.45) is 2.73. The summed E-state index contributed by atoms with van der Waals surface area (Å²) in [6, 6.07) is 2.22. The molecule has 2 rings (SSSR count). The van der Waals surface area contributed by atoms with Gasteiger partial charge in [-0.25, -0.2) is 0 Å². The number of anilines is 1. The van der Waals surface area contributed by atoms with E-state index in [1.54, 1.807) is 11.3 Å². The summed E-state index contributed by atoms with van der Waals surface area (Å²) in [5.41, 5.74) is 1.39. The molecule has 1 saturated heterocycles. The Bertz CT molecular complexity index is 284. The van der Waals surface area contributed by atoms with Gasteiger partial charge < -0.3 is 4.90 Å². The van der Waals surface area contributed by atoms with Gasteiger partial charge in [0, 0.05) is 24.2 Å². The zero-order chi connectivity index (χ0) is 9.26. The minimum Gasteiger partial charge on any atom is -0.371 e. The fourth-order valence-electron chi connectivity index (χ4n) is 1.89. The lowest BCUT2D eigenvalue weighted by Crippen LogP contribution is -2.33. The Labute approximate surface area is 91.9 Å². The molecule has 0 bridgehead atoms. The summed E-state index contributed by atoms with van der Waals surface area (Å²) < 4.78 is 1.24. The zero-order valence-corrected chi connectivity index (χ0v) is 10.2. The van der Waals surface area contributed by atoms with Crippen LogP contribution in [0, 0.1) is 5.92 Å². The molecule has 0 spiro atoms. The van der Waals surface area contributed by atoms with Crippen molar-refractivity contribution in [3.8, 4) is 0 Å². The van der Waals surface area contributed by atoms with Gasteiger partial charge in [0.15, 0.2) is 0 Å². The Morgan fingerprint density at radius 2 is 2.46 bits per heavy atom. The molecule has 1 aromatic heterocycles. The molecule has 0 N–H and O–H groups in total. The first-order chi connectivity index (χ1) is 6.25. The molecule has 0 amide bonds. The highest BCUT2D eigenvalue weighted by Gasteiger charge is 2.16. The number of piperidine rings is 1. The number of hydrogen-bond donors (Lipinski definition) is 0. The molecule has 13 heavy (non-hydrogen) atoms. The van der Waals surface area contributed by atoms with Gasteiger partial charge in [-0.1, -0.05) is 6.92 Å². The number of hydrogen-bond acceptors (Lipinski definition) is 2. The van der Waals surface area contributed by atoms with Crippen molar-refractivity contribution >= 4 is 33.0 Å². The molecule has 1 unspecified atom stereocenters. The van der Waals surface area contributed by atoms with Crippen molar-refractivity contribution in [1.82, 2.24) is 0 Å². The monoisotopic (exact) mass is 259 g/mol. The highest BCUT2D eigenvalue weighted by atomic mass is 79.9. The largest absolute Gasteiger partial charge is 0.371 e. The molecule has 1 aliphatic heterocycles. The van der Waals surface area contributed by atoms with Crippen molar-refractivity contribution in [3.63, 3.8) is 0 Å². The first-order valence-electron chi connectivity index (χ1n) is 4.74. The Morgan fingerprint density at radius 3 is 3.08 bits per heavy atom. The maximum atomic E-state index is 3.51. The van der Waals surface area contributed by atoms with Crippen LogP contribution in [-0.4, -0.2) is 13.1 Å². The Balaban J connectivity index is 2.08. The SMILES string of the molecule is CC1CCCN(c2csc(Br)c2)C1. The van der Waals surface area contributed by atoms with Crippen LogP contribution in [0.2, 0.25) is 0 Å². The van der Waals surface area contributed by atoms with E-state index in [2.05, 4.69) is 39.2 Å². The second kappa shape index (κ2) is 4.01. The Morgan fingerprint density at radius 1 is 1.62 bits per heavy atom.